The summed E-state index contributed by atoms with van der Waals surface area (Å²) in [6.07, 6.45) is 1.59. The molecule has 0 saturated carbocycles. The lowest BCUT2D eigenvalue weighted by Crippen LogP contribution is -1.84. The molecule has 0 amide bonds. The van der Waals surface area contributed by atoms with Gasteiger partial charge in [0.05, 0.1) is 5.02 Å². The SMILES string of the molecule is Clc1ccc(Cl)c(Sc2ccnc(Cl)n2)c1. The van der Waals surface area contributed by atoms with Crippen LogP contribution in [0.2, 0.25) is 15.3 Å². The summed E-state index contributed by atoms with van der Waals surface area (Å²) < 4.78 is 0. The second-order valence-corrected chi connectivity index (χ2v) is 5.08. The van der Waals surface area contributed by atoms with Crippen LogP contribution in [0.25, 0.3) is 0 Å². The molecule has 0 atom stereocenters. The van der Waals surface area contributed by atoms with Gasteiger partial charge < -0.3 is 0 Å². The highest BCUT2D eigenvalue weighted by atomic mass is 35.5. The second-order valence-electron chi connectivity index (χ2n) is 2.84. The van der Waals surface area contributed by atoms with E-state index in [0.717, 1.165) is 9.92 Å². The number of nitrogens with zero attached hydrogens (tertiary/aromatic N) is 2. The van der Waals surface area contributed by atoms with Gasteiger partial charge in [0.2, 0.25) is 5.28 Å². The summed E-state index contributed by atoms with van der Waals surface area (Å²) in [5, 5.41) is 2.20. The third-order valence-electron chi connectivity index (χ3n) is 1.71. The topological polar surface area (TPSA) is 25.8 Å². The van der Waals surface area contributed by atoms with E-state index in [1.807, 2.05) is 0 Å². The van der Waals surface area contributed by atoms with Gasteiger partial charge in [0.25, 0.3) is 0 Å². The summed E-state index contributed by atoms with van der Waals surface area (Å²) in [6, 6.07) is 7.02. The lowest BCUT2D eigenvalue weighted by Gasteiger charge is -2.03. The van der Waals surface area contributed by atoms with Crippen molar-refractivity contribution in [3.8, 4) is 0 Å². The van der Waals surface area contributed by atoms with Crippen molar-refractivity contribution in [1.82, 2.24) is 9.97 Å². The Bertz CT molecular complexity index is 519. The van der Waals surface area contributed by atoms with E-state index < -0.39 is 0 Å². The minimum Gasteiger partial charge on any atom is -0.226 e. The van der Waals surface area contributed by atoms with Gasteiger partial charge in [-0.05, 0) is 35.9 Å². The summed E-state index contributed by atoms with van der Waals surface area (Å²) in [5.74, 6) is 0. The van der Waals surface area contributed by atoms with E-state index in [1.54, 1.807) is 30.5 Å². The molecule has 0 aliphatic rings. The van der Waals surface area contributed by atoms with Crippen molar-refractivity contribution in [2.75, 3.05) is 0 Å². The molecule has 0 bridgehead atoms. The van der Waals surface area contributed by atoms with Gasteiger partial charge in [-0.1, -0.05) is 35.0 Å². The van der Waals surface area contributed by atoms with Crippen molar-refractivity contribution in [2.24, 2.45) is 0 Å². The quantitative estimate of drug-likeness (QED) is 0.598. The van der Waals surface area contributed by atoms with Gasteiger partial charge in [0, 0.05) is 16.1 Å². The summed E-state index contributed by atoms with van der Waals surface area (Å²) in [6.45, 7) is 0. The monoisotopic (exact) mass is 290 g/mol. The van der Waals surface area contributed by atoms with Crippen molar-refractivity contribution >= 4 is 46.6 Å². The molecule has 0 aliphatic heterocycles. The van der Waals surface area contributed by atoms with Gasteiger partial charge in [-0.15, -0.1) is 0 Å². The summed E-state index contributed by atoms with van der Waals surface area (Å²) >= 11 is 19.0. The number of rotatable bonds is 2. The molecule has 2 rings (SSSR count). The Morgan fingerprint density at radius 2 is 1.88 bits per heavy atom. The number of hydrogen-bond donors (Lipinski definition) is 0. The van der Waals surface area contributed by atoms with Crippen LogP contribution in [0.4, 0.5) is 0 Å². The standard InChI is InChI=1S/C10H5Cl3N2S/c11-6-1-2-7(12)8(5-6)16-9-3-4-14-10(13)15-9/h1-5H. The number of halogens is 3. The maximum atomic E-state index is 6.03. The Morgan fingerprint density at radius 1 is 1.06 bits per heavy atom. The first-order valence-corrected chi connectivity index (χ1v) is 6.21. The van der Waals surface area contributed by atoms with Crippen LogP contribution in [-0.2, 0) is 0 Å². The fourth-order valence-corrected chi connectivity index (χ4v) is 2.55. The van der Waals surface area contributed by atoms with Gasteiger partial charge >= 0.3 is 0 Å². The molecular weight excluding hydrogens is 287 g/mol. The van der Waals surface area contributed by atoms with Gasteiger partial charge in [-0.2, -0.15) is 0 Å². The first kappa shape index (κ1) is 12.0. The van der Waals surface area contributed by atoms with Gasteiger partial charge in [0.1, 0.15) is 5.03 Å². The maximum Gasteiger partial charge on any atom is 0.223 e. The van der Waals surface area contributed by atoms with E-state index in [0.29, 0.717) is 10.0 Å². The molecule has 0 radical (unpaired) electrons. The highest BCUT2D eigenvalue weighted by Crippen LogP contribution is 2.34. The third-order valence-corrected chi connectivity index (χ3v) is 3.56. The van der Waals surface area contributed by atoms with Crippen LogP contribution in [0.15, 0.2) is 40.4 Å². The average molecular weight is 292 g/mol. The molecular formula is C10H5Cl3N2S. The van der Waals surface area contributed by atoms with Gasteiger partial charge in [0.15, 0.2) is 0 Å². The fraction of sp³-hybridized carbons (Fsp3) is 0. The van der Waals surface area contributed by atoms with Crippen LogP contribution in [0.3, 0.4) is 0 Å². The molecule has 0 spiro atoms. The van der Waals surface area contributed by atoms with Gasteiger partial charge in [-0.3, -0.25) is 0 Å². The molecule has 0 N–H and O–H groups in total. The Labute approximate surface area is 112 Å². The number of benzene rings is 1. The van der Waals surface area contributed by atoms with Crippen molar-refractivity contribution in [3.05, 3.63) is 45.8 Å². The highest BCUT2D eigenvalue weighted by Gasteiger charge is 2.05. The molecule has 0 fully saturated rings. The zero-order valence-corrected chi connectivity index (χ0v) is 10.9. The van der Waals surface area contributed by atoms with Crippen molar-refractivity contribution < 1.29 is 0 Å². The highest BCUT2D eigenvalue weighted by molar-refractivity contribution is 7.99. The summed E-state index contributed by atoms with van der Waals surface area (Å²) in [4.78, 5) is 8.70. The van der Waals surface area contributed by atoms with E-state index >= 15 is 0 Å². The zero-order chi connectivity index (χ0) is 11.5. The van der Waals surface area contributed by atoms with E-state index in [4.69, 9.17) is 34.8 Å². The predicted octanol–water partition coefficient (Wildman–Crippen LogP) is 4.59. The minimum absolute atomic E-state index is 0.211. The van der Waals surface area contributed by atoms with Crippen molar-refractivity contribution in [2.45, 2.75) is 9.92 Å². The van der Waals surface area contributed by atoms with Crippen molar-refractivity contribution in [1.29, 1.82) is 0 Å². The Kier molecular flexibility index (Phi) is 3.92. The Morgan fingerprint density at radius 3 is 2.62 bits per heavy atom. The minimum atomic E-state index is 0.211. The van der Waals surface area contributed by atoms with Crippen LogP contribution in [0.1, 0.15) is 0 Å². The molecule has 2 aromatic rings. The second kappa shape index (κ2) is 5.23. The lowest BCUT2D eigenvalue weighted by molar-refractivity contribution is 1.05. The number of aromatic nitrogens is 2. The lowest BCUT2D eigenvalue weighted by atomic mass is 10.4. The van der Waals surface area contributed by atoms with Crippen LogP contribution < -0.4 is 0 Å². The van der Waals surface area contributed by atoms with E-state index in [-0.39, 0.29) is 5.28 Å². The average Bonchev–Trinajstić information content (AvgIpc) is 2.24. The van der Waals surface area contributed by atoms with E-state index in [2.05, 4.69) is 9.97 Å². The van der Waals surface area contributed by atoms with Crippen LogP contribution in [-0.4, -0.2) is 9.97 Å². The van der Waals surface area contributed by atoms with Crippen molar-refractivity contribution in [3.63, 3.8) is 0 Å². The Hall–Kier alpha value is -0.480. The molecule has 16 heavy (non-hydrogen) atoms. The Balaban J connectivity index is 2.30. The van der Waals surface area contributed by atoms with Crippen LogP contribution in [0, 0.1) is 0 Å². The molecule has 6 heteroatoms. The first-order chi connectivity index (χ1) is 7.65. The summed E-state index contributed by atoms with van der Waals surface area (Å²) in [5.41, 5.74) is 0. The predicted molar refractivity (Wildman–Crippen MR) is 67.6 cm³/mol. The summed E-state index contributed by atoms with van der Waals surface area (Å²) in [7, 11) is 0. The molecule has 0 saturated heterocycles. The first-order valence-electron chi connectivity index (χ1n) is 4.26. The van der Waals surface area contributed by atoms with E-state index in [9.17, 15) is 0 Å². The smallest absolute Gasteiger partial charge is 0.223 e. The zero-order valence-electron chi connectivity index (χ0n) is 7.82. The van der Waals surface area contributed by atoms with Crippen LogP contribution >= 0.6 is 46.6 Å². The normalized spacial score (nSPS) is 10.4. The molecule has 2 nitrogen and oxygen atoms in total. The van der Waals surface area contributed by atoms with Gasteiger partial charge in [-0.25, -0.2) is 9.97 Å². The molecule has 1 heterocycles. The molecule has 1 aromatic heterocycles. The fourth-order valence-electron chi connectivity index (χ4n) is 1.04. The largest absolute Gasteiger partial charge is 0.226 e. The molecule has 0 unspecified atom stereocenters. The molecule has 0 aliphatic carbocycles. The maximum absolute atomic E-state index is 6.03. The molecule has 82 valence electrons. The third kappa shape index (κ3) is 3.01. The number of hydrogen-bond acceptors (Lipinski definition) is 3. The van der Waals surface area contributed by atoms with E-state index in [1.165, 1.54) is 11.8 Å². The molecule has 1 aromatic carbocycles. The van der Waals surface area contributed by atoms with Crippen LogP contribution in [0.5, 0.6) is 0 Å².